The Morgan fingerprint density at radius 3 is 2.72 bits per heavy atom. The van der Waals surface area contributed by atoms with Crippen LogP contribution in [0.25, 0.3) is 10.9 Å². The van der Waals surface area contributed by atoms with Crippen LogP contribution in [0.3, 0.4) is 0 Å². The summed E-state index contributed by atoms with van der Waals surface area (Å²) in [6.45, 7) is 0.357. The lowest BCUT2D eigenvalue weighted by Gasteiger charge is -2.31. The van der Waals surface area contributed by atoms with Crippen LogP contribution < -0.4 is 5.73 Å². The Morgan fingerprint density at radius 1 is 1.39 bits per heavy atom. The zero-order valence-corrected chi connectivity index (χ0v) is 11.3. The molecule has 96 valence electrons. The van der Waals surface area contributed by atoms with E-state index in [4.69, 9.17) is 5.73 Å². The summed E-state index contributed by atoms with van der Waals surface area (Å²) in [5.74, 6) is -0.299. The van der Waals surface area contributed by atoms with Crippen LogP contribution >= 0.6 is 15.9 Å². The highest BCUT2D eigenvalue weighted by Gasteiger charge is 2.31. The van der Waals surface area contributed by atoms with E-state index in [2.05, 4.69) is 15.9 Å². The van der Waals surface area contributed by atoms with Crippen LogP contribution in [0.4, 0.5) is 8.78 Å². The van der Waals surface area contributed by atoms with Crippen LogP contribution in [0.5, 0.6) is 0 Å². The highest BCUT2D eigenvalue weighted by Crippen LogP contribution is 2.39. The number of nitrogens with zero attached hydrogens (tertiary/aromatic N) is 1. The first-order valence-electron chi connectivity index (χ1n) is 5.92. The number of benzene rings is 1. The molecule has 18 heavy (non-hydrogen) atoms. The molecule has 1 fully saturated rings. The minimum absolute atomic E-state index is 0.167. The van der Waals surface area contributed by atoms with Crippen molar-refractivity contribution in [2.24, 2.45) is 5.73 Å². The highest BCUT2D eigenvalue weighted by molar-refractivity contribution is 9.10. The third-order valence-electron chi connectivity index (χ3n) is 3.63. The molecule has 2 nitrogen and oxygen atoms in total. The summed E-state index contributed by atoms with van der Waals surface area (Å²) in [7, 11) is 0. The van der Waals surface area contributed by atoms with E-state index in [-0.39, 0.29) is 11.9 Å². The Hall–Kier alpha value is -0.940. The van der Waals surface area contributed by atoms with Gasteiger partial charge in [0.2, 0.25) is 0 Å². The molecule has 0 unspecified atom stereocenters. The maximum atomic E-state index is 13.6. The van der Waals surface area contributed by atoms with Gasteiger partial charge in [-0.2, -0.15) is 0 Å². The lowest BCUT2D eigenvalue weighted by molar-refractivity contribution is 0.140. The number of alkyl halides is 1. The fourth-order valence-corrected chi connectivity index (χ4v) is 2.86. The van der Waals surface area contributed by atoms with Gasteiger partial charge >= 0.3 is 0 Å². The van der Waals surface area contributed by atoms with Gasteiger partial charge in [-0.05, 0) is 46.5 Å². The molecule has 0 amide bonds. The molecular weight excluding hydrogens is 302 g/mol. The van der Waals surface area contributed by atoms with Crippen LogP contribution in [-0.2, 0) is 6.54 Å². The molecule has 1 heterocycles. The van der Waals surface area contributed by atoms with Crippen molar-refractivity contribution in [3.63, 3.8) is 0 Å². The molecule has 2 aromatic rings. The van der Waals surface area contributed by atoms with Gasteiger partial charge in [-0.3, -0.25) is 0 Å². The molecule has 2 N–H and O–H groups in total. The smallest absolute Gasteiger partial charge is 0.138 e. The van der Waals surface area contributed by atoms with E-state index in [1.165, 1.54) is 6.07 Å². The van der Waals surface area contributed by atoms with Crippen molar-refractivity contribution in [2.75, 3.05) is 0 Å². The minimum atomic E-state index is -0.710. The molecule has 1 aromatic carbocycles. The van der Waals surface area contributed by atoms with E-state index in [0.717, 1.165) is 16.5 Å². The van der Waals surface area contributed by atoms with Gasteiger partial charge in [0.1, 0.15) is 12.0 Å². The van der Waals surface area contributed by atoms with Gasteiger partial charge in [0, 0.05) is 29.7 Å². The molecule has 0 aliphatic heterocycles. The number of halogens is 3. The Morgan fingerprint density at radius 2 is 2.11 bits per heavy atom. The van der Waals surface area contributed by atoms with E-state index in [0.29, 0.717) is 23.9 Å². The maximum absolute atomic E-state index is 13.6. The Bertz CT molecular complexity index is 603. The minimum Gasteiger partial charge on any atom is -0.344 e. The molecule has 0 atom stereocenters. The van der Waals surface area contributed by atoms with Crippen molar-refractivity contribution in [1.82, 2.24) is 4.57 Å². The predicted molar refractivity (Wildman–Crippen MR) is 70.7 cm³/mol. The van der Waals surface area contributed by atoms with Crippen LogP contribution in [0.2, 0.25) is 0 Å². The first kappa shape index (κ1) is 12.1. The third-order valence-corrected chi connectivity index (χ3v) is 4.23. The number of rotatable bonds is 2. The van der Waals surface area contributed by atoms with Crippen molar-refractivity contribution in [1.29, 1.82) is 0 Å². The summed E-state index contributed by atoms with van der Waals surface area (Å²) in [5, 5.41) is 0.820. The van der Waals surface area contributed by atoms with Gasteiger partial charge in [0.25, 0.3) is 0 Å². The van der Waals surface area contributed by atoms with Gasteiger partial charge in [0.05, 0.1) is 4.47 Å². The maximum Gasteiger partial charge on any atom is 0.138 e. The number of aromatic nitrogens is 1. The second kappa shape index (κ2) is 4.31. The van der Waals surface area contributed by atoms with Gasteiger partial charge in [-0.25, -0.2) is 8.78 Å². The SMILES string of the molecule is NCc1cn(C2CC(F)C2)c2cc(Br)c(F)cc12. The van der Waals surface area contributed by atoms with Gasteiger partial charge in [0.15, 0.2) is 0 Å². The van der Waals surface area contributed by atoms with E-state index >= 15 is 0 Å². The Balaban J connectivity index is 2.17. The number of hydrogen-bond donors (Lipinski definition) is 1. The molecule has 1 aliphatic carbocycles. The molecule has 0 saturated heterocycles. The normalized spacial score (nSPS) is 23.3. The molecule has 3 rings (SSSR count). The van der Waals surface area contributed by atoms with E-state index in [1.54, 1.807) is 6.07 Å². The predicted octanol–water partition coefficient (Wildman–Crippen LogP) is 3.67. The molecule has 0 bridgehead atoms. The molecule has 1 aromatic heterocycles. The molecule has 5 heteroatoms. The van der Waals surface area contributed by atoms with Crippen molar-refractivity contribution in [3.05, 3.63) is 34.2 Å². The molecule has 0 radical (unpaired) electrons. The van der Waals surface area contributed by atoms with E-state index in [9.17, 15) is 8.78 Å². The topological polar surface area (TPSA) is 30.9 Å². The molecule has 1 aliphatic rings. The summed E-state index contributed by atoms with van der Waals surface area (Å²) in [6.07, 6.45) is 2.27. The van der Waals surface area contributed by atoms with Gasteiger partial charge < -0.3 is 10.3 Å². The van der Waals surface area contributed by atoms with Crippen LogP contribution in [0.15, 0.2) is 22.8 Å². The van der Waals surface area contributed by atoms with Gasteiger partial charge in [-0.1, -0.05) is 0 Å². The van der Waals surface area contributed by atoms with E-state index < -0.39 is 6.17 Å². The summed E-state index contributed by atoms with van der Waals surface area (Å²) in [5.41, 5.74) is 7.50. The lowest BCUT2D eigenvalue weighted by atomic mass is 9.90. The lowest BCUT2D eigenvalue weighted by Crippen LogP contribution is -2.27. The summed E-state index contributed by atoms with van der Waals surface area (Å²) in [4.78, 5) is 0. The molecule has 0 spiro atoms. The fraction of sp³-hybridized carbons (Fsp3) is 0.385. The Kier molecular flexibility index (Phi) is 2.90. The zero-order valence-electron chi connectivity index (χ0n) is 9.67. The van der Waals surface area contributed by atoms with Crippen LogP contribution in [0.1, 0.15) is 24.4 Å². The molecular formula is C13H13BrF2N2. The number of nitrogens with two attached hydrogens (primary N) is 1. The zero-order chi connectivity index (χ0) is 12.9. The van der Waals surface area contributed by atoms with Gasteiger partial charge in [-0.15, -0.1) is 0 Å². The second-order valence-electron chi connectivity index (χ2n) is 4.77. The Labute approximate surface area is 112 Å². The standard InChI is InChI=1S/C13H13BrF2N2/c14-11-4-13-10(3-12(11)16)7(5-17)6-18(13)9-1-8(15)2-9/h3-4,6,8-9H,1-2,5,17H2. The van der Waals surface area contributed by atoms with Crippen LogP contribution in [-0.4, -0.2) is 10.7 Å². The summed E-state index contributed by atoms with van der Waals surface area (Å²) in [6, 6.07) is 3.40. The highest BCUT2D eigenvalue weighted by atomic mass is 79.9. The second-order valence-corrected chi connectivity index (χ2v) is 5.63. The largest absolute Gasteiger partial charge is 0.344 e. The monoisotopic (exact) mass is 314 g/mol. The number of fused-ring (bicyclic) bond motifs is 1. The summed E-state index contributed by atoms with van der Waals surface area (Å²) >= 11 is 3.19. The fourth-order valence-electron chi connectivity index (χ4n) is 2.53. The van der Waals surface area contributed by atoms with E-state index in [1.807, 2.05) is 10.8 Å². The first-order chi connectivity index (χ1) is 8.60. The quantitative estimate of drug-likeness (QED) is 0.900. The third kappa shape index (κ3) is 1.77. The van der Waals surface area contributed by atoms with Crippen molar-refractivity contribution >= 4 is 26.8 Å². The summed E-state index contributed by atoms with van der Waals surface area (Å²) < 4.78 is 29.0. The average molecular weight is 315 g/mol. The van der Waals surface area contributed by atoms with Crippen molar-refractivity contribution in [3.8, 4) is 0 Å². The van der Waals surface area contributed by atoms with Crippen LogP contribution in [0, 0.1) is 5.82 Å². The average Bonchev–Trinajstić information content (AvgIpc) is 2.64. The first-order valence-corrected chi connectivity index (χ1v) is 6.72. The number of hydrogen-bond acceptors (Lipinski definition) is 1. The van der Waals surface area contributed by atoms with Crippen molar-refractivity contribution < 1.29 is 8.78 Å². The molecule has 1 saturated carbocycles. The van der Waals surface area contributed by atoms with Crippen molar-refractivity contribution in [2.45, 2.75) is 31.6 Å².